The zero-order valence-electron chi connectivity index (χ0n) is 18.4. The Kier molecular flexibility index (Phi) is 6.03. The number of carbonyl (C=O) groups excluding carboxylic acids is 1. The van der Waals surface area contributed by atoms with Crippen molar-refractivity contribution < 1.29 is 9.53 Å². The van der Waals surface area contributed by atoms with Crippen LogP contribution in [0.25, 0.3) is 10.9 Å². The maximum atomic E-state index is 13.4. The topological polar surface area (TPSA) is 75.3 Å². The van der Waals surface area contributed by atoms with Crippen molar-refractivity contribution in [2.45, 2.75) is 27.3 Å². The normalized spacial score (nSPS) is 10.8. The number of nitrogens with one attached hydrogen (secondary N) is 1. The van der Waals surface area contributed by atoms with Gasteiger partial charge in [0.25, 0.3) is 11.5 Å². The molecule has 0 spiro atoms. The van der Waals surface area contributed by atoms with E-state index in [2.05, 4.69) is 9.97 Å². The van der Waals surface area contributed by atoms with Gasteiger partial charge in [-0.2, -0.15) is 0 Å². The van der Waals surface area contributed by atoms with Gasteiger partial charge in [0.1, 0.15) is 11.4 Å². The second-order valence-corrected chi connectivity index (χ2v) is 7.68. The maximum absolute atomic E-state index is 13.4. The molecule has 0 aliphatic rings. The molecule has 0 aliphatic heterocycles. The van der Waals surface area contributed by atoms with Crippen molar-refractivity contribution in [2.75, 3.05) is 11.5 Å². The fourth-order valence-electron chi connectivity index (χ4n) is 3.58. The molecule has 6 heteroatoms. The second-order valence-electron chi connectivity index (χ2n) is 7.68. The summed E-state index contributed by atoms with van der Waals surface area (Å²) in [6.45, 7) is 6.62. The Morgan fingerprint density at radius 1 is 1.03 bits per heavy atom. The van der Waals surface area contributed by atoms with Crippen LogP contribution in [0.5, 0.6) is 5.75 Å². The summed E-state index contributed by atoms with van der Waals surface area (Å²) in [5.41, 5.74) is 4.20. The van der Waals surface area contributed by atoms with Crippen LogP contribution < -0.4 is 15.2 Å². The third-order valence-corrected chi connectivity index (χ3v) is 5.46. The molecular weight excluding hydrogens is 402 g/mol. The number of H-pyrrole nitrogens is 1. The zero-order valence-corrected chi connectivity index (χ0v) is 18.4. The highest BCUT2D eigenvalue weighted by Crippen LogP contribution is 2.24. The van der Waals surface area contributed by atoms with Crippen LogP contribution in [0.3, 0.4) is 0 Å². The van der Waals surface area contributed by atoms with Gasteiger partial charge in [0, 0.05) is 28.4 Å². The van der Waals surface area contributed by atoms with E-state index in [-0.39, 0.29) is 18.0 Å². The van der Waals surface area contributed by atoms with Crippen LogP contribution in [-0.4, -0.2) is 22.5 Å². The minimum Gasteiger partial charge on any atom is -0.494 e. The molecule has 0 fully saturated rings. The molecule has 2 aromatic carbocycles. The summed E-state index contributed by atoms with van der Waals surface area (Å²) in [5, 5.41) is 0.843. The van der Waals surface area contributed by atoms with Crippen molar-refractivity contribution in [1.82, 2.24) is 9.97 Å². The lowest BCUT2D eigenvalue weighted by molar-refractivity contribution is 0.0980. The Morgan fingerprint density at radius 3 is 2.59 bits per heavy atom. The van der Waals surface area contributed by atoms with Gasteiger partial charge < -0.3 is 14.6 Å². The first-order chi connectivity index (χ1) is 15.5. The predicted octanol–water partition coefficient (Wildman–Crippen LogP) is 4.79. The molecule has 162 valence electrons. The van der Waals surface area contributed by atoms with Gasteiger partial charge in [-0.15, -0.1) is 0 Å². The van der Waals surface area contributed by atoms with Crippen LogP contribution >= 0.6 is 0 Å². The largest absolute Gasteiger partial charge is 0.494 e. The van der Waals surface area contributed by atoms with Crippen molar-refractivity contribution >= 4 is 22.5 Å². The van der Waals surface area contributed by atoms with Gasteiger partial charge in [-0.25, -0.2) is 0 Å². The van der Waals surface area contributed by atoms with Crippen LogP contribution in [-0.2, 0) is 6.54 Å². The average Bonchev–Trinajstić information content (AvgIpc) is 2.80. The third kappa shape index (κ3) is 4.39. The highest BCUT2D eigenvalue weighted by atomic mass is 16.5. The molecular formula is C26H25N3O3. The van der Waals surface area contributed by atoms with Gasteiger partial charge in [0.2, 0.25) is 0 Å². The number of rotatable bonds is 6. The number of ether oxygens (including phenoxy) is 1. The number of hydrogen-bond donors (Lipinski definition) is 1. The standard InChI is InChI=1S/C26H25N3O3/c1-4-32-22-10-11-23-19(15-22)14-20(25(30)28-23)16-29(21-9-8-17(2)18(3)13-21)26(31)24-7-5-6-12-27-24/h5-15H,4,16H2,1-3H3,(H,28,30). The Balaban J connectivity index is 1.78. The highest BCUT2D eigenvalue weighted by molar-refractivity contribution is 6.04. The molecule has 1 N–H and O–H groups in total. The van der Waals surface area contributed by atoms with Crippen molar-refractivity contribution in [3.05, 3.63) is 99.6 Å². The lowest BCUT2D eigenvalue weighted by Crippen LogP contribution is -2.33. The van der Waals surface area contributed by atoms with E-state index < -0.39 is 0 Å². The molecule has 0 radical (unpaired) electrons. The molecule has 0 unspecified atom stereocenters. The summed E-state index contributed by atoms with van der Waals surface area (Å²) in [6.07, 6.45) is 1.59. The first kappa shape index (κ1) is 21.3. The lowest BCUT2D eigenvalue weighted by atomic mass is 10.1. The average molecular weight is 428 g/mol. The van der Waals surface area contributed by atoms with Crippen molar-refractivity contribution in [3.8, 4) is 5.75 Å². The first-order valence-electron chi connectivity index (χ1n) is 10.5. The van der Waals surface area contributed by atoms with E-state index in [0.717, 1.165) is 27.8 Å². The van der Waals surface area contributed by atoms with E-state index in [0.29, 0.717) is 23.6 Å². The molecule has 0 saturated heterocycles. The van der Waals surface area contributed by atoms with E-state index >= 15 is 0 Å². The minimum atomic E-state index is -0.267. The van der Waals surface area contributed by atoms with Crippen molar-refractivity contribution in [1.29, 1.82) is 0 Å². The van der Waals surface area contributed by atoms with E-state index in [1.54, 1.807) is 29.3 Å². The van der Waals surface area contributed by atoms with Crippen LogP contribution in [0.2, 0.25) is 0 Å². The highest BCUT2D eigenvalue weighted by Gasteiger charge is 2.21. The number of benzene rings is 2. The number of fused-ring (bicyclic) bond motifs is 1. The summed E-state index contributed by atoms with van der Waals surface area (Å²) in [5.74, 6) is 0.463. The zero-order chi connectivity index (χ0) is 22.7. The smallest absolute Gasteiger partial charge is 0.277 e. The summed E-state index contributed by atoms with van der Waals surface area (Å²) in [6, 6.07) is 18.4. The maximum Gasteiger partial charge on any atom is 0.277 e. The second kappa shape index (κ2) is 9.06. The number of pyridine rings is 2. The van der Waals surface area contributed by atoms with Gasteiger partial charge in [0.05, 0.1) is 13.2 Å². The molecule has 32 heavy (non-hydrogen) atoms. The van der Waals surface area contributed by atoms with E-state index in [9.17, 15) is 9.59 Å². The van der Waals surface area contributed by atoms with Crippen LogP contribution in [0.4, 0.5) is 5.69 Å². The number of nitrogens with zero attached hydrogens (tertiary/aromatic N) is 2. The fourth-order valence-corrected chi connectivity index (χ4v) is 3.58. The first-order valence-corrected chi connectivity index (χ1v) is 10.5. The van der Waals surface area contributed by atoms with Crippen LogP contribution in [0, 0.1) is 13.8 Å². The Bertz CT molecular complexity index is 1330. The number of aromatic nitrogens is 2. The van der Waals surface area contributed by atoms with Crippen LogP contribution in [0.15, 0.2) is 71.7 Å². The van der Waals surface area contributed by atoms with E-state index in [4.69, 9.17) is 4.74 Å². The van der Waals surface area contributed by atoms with E-state index in [1.807, 2.05) is 63.2 Å². The molecule has 0 atom stereocenters. The predicted molar refractivity (Wildman–Crippen MR) is 126 cm³/mol. The number of anilines is 1. The van der Waals surface area contributed by atoms with E-state index in [1.165, 1.54) is 0 Å². The number of aryl methyl sites for hydroxylation is 2. The monoisotopic (exact) mass is 427 g/mol. The third-order valence-electron chi connectivity index (χ3n) is 5.46. The van der Waals surface area contributed by atoms with Gasteiger partial charge >= 0.3 is 0 Å². The molecule has 2 aromatic heterocycles. The molecule has 0 saturated carbocycles. The fraction of sp³-hybridized carbons (Fsp3) is 0.192. The molecule has 0 aliphatic carbocycles. The minimum absolute atomic E-state index is 0.113. The Morgan fingerprint density at radius 2 is 1.88 bits per heavy atom. The van der Waals surface area contributed by atoms with Crippen molar-refractivity contribution in [3.63, 3.8) is 0 Å². The van der Waals surface area contributed by atoms with Gasteiger partial charge in [0.15, 0.2) is 0 Å². The SMILES string of the molecule is CCOc1ccc2[nH]c(=O)c(CN(C(=O)c3ccccn3)c3ccc(C)c(C)c3)cc2c1. The lowest BCUT2D eigenvalue weighted by Gasteiger charge is -2.23. The number of amides is 1. The van der Waals surface area contributed by atoms with Gasteiger partial charge in [-0.05, 0) is 80.4 Å². The summed E-state index contributed by atoms with van der Waals surface area (Å²) in [7, 11) is 0. The summed E-state index contributed by atoms with van der Waals surface area (Å²) in [4.78, 5) is 35.0. The van der Waals surface area contributed by atoms with Crippen LogP contribution in [0.1, 0.15) is 34.1 Å². The molecule has 4 rings (SSSR count). The van der Waals surface area contributed by atoms with Crippen molar-refractivity contribution in [2.24, 2.45) is 0 Å². The quantitative estimate of drug-likeness (QED) is 0.480. The molecule has 6 nitrogen and oxygen atoms in total. The number of hydrogen-bond acceptors (Lipinski definition) is 4. The molecule has 4 aromatic rings. The molecule has 2 heterocycles. The molecule has 0 bridgehead atoms. The number of carbonyl (C=O) groups is 1. The Hall–Kier alpha value is -3.93. The molecule has 1 amide bonds. The summed E-state index contributed by atoms with van der Waals surface area (Å²) < 4.78 is 5.59. The summed E-state index contributed by atoms with van der Waals surface area (Å²) >= 11 is 0. The van der Waals surface area contributed by atoms with Gasteiger partial charge in [-0.3, -0.25) is 14.6 Å². The number of aromatic amines is 1. The van der Waals surface area contributed by atoms with Gasteiger partial charge in [-0.1, -0.05) is 12.1 Å². The Labute approximate surface area is 186 Å².